The second kappa shape index (κ2) is 6.27. The molecule has 0 N–H and O–H groups in total. The van der Waals surface area contributed by atoms with E-state index in [1.165, 1.54) is 6.07 Å². The summed E-state index contributed by atoms with van der Waals surface area (Å²) in [4.78, 5) is 1.83. The molecule has 2 rings (SSSR count). The first-order valence-corrected chi connectivity index (χ1v) is 7.80. The van der Waals surface area contributed by atoms with Crippen molar-refractivity contribution >= 4 is 29.1 Å². The van der Waals surface area contributed by atoms with Gasteiger partial charge in [0, 0.05) is 30.4 Å². The van der Waals surface area contributed by atoms with Crippen LogP contribution in [0.2, 0.25) is 0 Å². The van der Waals surface area contributed by atoms with Crippen molar-refractivity contribution in [3.63, 3.8) is 0 Å². The number of benzene rings is 1. The summed E-state index contributed by atoms with van der Waals surface area (Å²) in [5.74, 6) is 1.98. The van der Waals surface area contributed by atoms with Crippen LogP contribution in [0.25, 0.3) is 0 Å². The highest BCUT2D eigenvalue weighted by atomic mass is 35.5. The third-order valence-electron chi connectivity index (χ3n) is 3.08. The summed E-state index contributed by atoms with van der Waals surface area (Å²) in [6.07, 6.45) is -3.42. The first-order chi connectivity index (χ1) is 9.02. The molecule has 1 aliphatic heterocycles. The first-order valence-electron chi connectivity index (χ1n) is 6.11. The number of anilines is 1. The predicted octanol–water partition coefficient (Wildman–Crippen LogP) is 4.39. The molecular weight excluding hydrogens is 295 g/mol. The lowest BCUT2D eigenvalue weighted by Crippen LogP contribution is -2.28. The minimum absolute atomic E-state index is 0.0964. The Labute approximate surface area is 120 Å². The molecule has 1 aliphatic rings. The molecule has 1 saturated heterocycles. The quantitative estimate of drug-likeness (QED) is 0.746. The van der Waals surface area contributed by atoms with Gasteiger partial charge in [-0.3, -0.25) is 0 Å². The van der Waals surface area contributed by atoms with E-state index in [2.05, 4.69) is 0 Å². The Morgan fingerprint density at radius 3 is 2.68 bits per heavy atom. The lowest BCUT2D eigenvalue weighted by molar-refractivity contribution is -0.137. The van der Waals surface area contributed by atoms with Crippen molar-refractivity contribution in [2.24, 2.45) is 0 Å². The summed E-state index contributed by atoms with van der Waals surface area (Å²) in [7, 11) is 0. The fourth-order valence-electron chi connectivity index (χ4n) is 2.16. The van der Waals surface area contributed by atoms with E-state index in [0.29, 0.717) is 18.7 Å². The average Bonchev–Trinajstić information content (AvgIpc) is 2.65. The largest absolute Gasteiger partial charge is 0.418 e. The van der Waals surface area contributed by atoms with Crippen molar-refractivity contribution in [1.82, 2.24) is 0 Å². The van der Waals surface area contributed by atoms with Crippen LogP contribution in [0.1, 0.15) is 17.5 Å². The number of hydrogen-bond acceptors (Lipinski definition) is 2. The third-order valence-corrected chi connectivity index (χ3v) is 4.44. The van der Waals surface area contributed by atoms with E-state index in [4.69, 9.17) is 11.6 Å². The highest BCUT2D eigenvalue weighted by Gasteiger charge is 2.35. The van der Waals surface area contributed by atoms with Gasteiger partial charge in [-0.15, -0.1) is 11.6 Å². The van der Waals surface area contributed by atoms with E-state index >= 15 is 0 Å². The predicted molar refractivity (Wildman–Crippen MR) is 75.2 cm³/mol. The fourth-order valence-corrected chi connectivity index (χ4v) is 3.21. The fraction of sp³-hybridized carbons (Fsp3) is 0.538. The molecule has 1 fully saturated rings. The van der Waals surface area contributed by atoms with Crippen molar-refractivity contribution in [1.29, 1.82) is 0 Å². The SMILES string of the molecule is FC(F)(F)c1cc(CCl)ccc1N1CCCSCC1. The Kier molecular flexibility index (Phi) is 4.90. The summed E-state index contributed by atoms with van der Waals surface area (Å²) < 4.78 is 39.4. The molecule has 0 unspecified atom stereocenters. The lowest BCUT2D eigenvalue weighted by atomic mass is 10.1. The van der Waals surface area contributed by atoms with E-state index in [9.17, 15) is 13.2 Å². The summed E-state index contributed by atoms with van der Waals surface area (Å²) in [5, 5.41) is 0. The van der Waals surface area contributed by atoms with Gasteiger partial charge >= 0.3 is 6.18 Å². The zero-order valence-corrected chi connectivity index (χ0v) is 11.9. The van der Waals surface area contributed by atoms with Crippen molar-refractivity contribution in [2.45, 2.75) is 18.5 Å². The van der Waals surface area contributed by atoms with Gasteiger partial charge in [-0.05, 0) is 29.9 Å². The molecule has 1 aromatic rings. The van der Waals surface area contributed by atoms with Gasteiger partial charge in [0.1, 0.15) is 0 Å². The molecule has 0 spiro atoms. The maximum Gasteiger partial charge on any atom is 0.418 e. The average molecular weight is 310 g/mol. The zero-order valence-electron chi connectivity index (χ0n) is 10.3. The van der Waals surface area contributed by atoms with Crippen molar-refractivity contribution in [2.75, 3.05) is 29.5 Å². The summed E-state index contributed by atoms with van der Waals surface area (Å²) in [6, 6.07) is 4.40. The van der Waals surface area contributed by atoms with E-state index in [0.717, 1.165) is 17.9 Å². The Morgan fingerprint density at radius 1 is 1.21 bits per heavy atom. The molecule has 106 valence electrons. The lowest BCUT2D eigenvalue weighted by Gasteiger charge is -2.26. The van der Waals surface area contributed by atoms with Gasteiger partial charge in [0.05, 0.1) is 5.56 Å². The van der Waals surface area contributed by atoms with E-state index in [1.807, 2.05) is 4.90 Å². The molecule has 1 aromatic carbocycles. The molecular formula is C13H15ClF3NS. The van der Waals surface area contributed by atoms with Crippen LogP contribution in [0.3, 0.4) is 0 Å². The summed E-state index contributed by atoms with van der Waals surface area (Å²) in [6.45, 7) is 1.34. The second-order valence-corrected chi connectivity index (χ2v) is 5.93. The minimum Gasteiger partial charge on any atom is -0.370 e. The van der Waals surface area contributed by atoms with Crippen LogP contribution in [-0.2, 0) is 12.1 Å². The van der Waals surface area contributed by atoms with Crippen LogP contribution in [-0.4, -0.2) is 24.6 Å². The summed E-state index contributed by atoms with van der Waals surface area (Å²) >= 11 is 7.42. The smallest absolute Gasteiger partial charge is 0.370 e. The topological polar surface area (TPSA) is 3.24 Å². The van der Waals surface area contributed by atoms with Crippen LogP contribution < -0.4 is 4.90 Å². The van der Waals surface area contributed by atoms with E-state index < -0.39 is 11.7 Å². The Bertz CT molecular complexity index is 428. The number of alkyl halides is 4. The molecule has 19 heavy (non-hydrogen) atoms. The van der Waals surface area contributed by atoms with Crippen LogP contribution in [0.5, 0.6) is 0 Å². The van der Waals surface area contributed by atoms with Crippen LogP contribution in [0.4, 0.5) is 18.9 Å². The van der Waals surface area contributed by atoms with Gasteiger partial charge in [0.25, 0.3) is 0 Å². The van der Waals surface area contributed by atoms with Gasteiger partial charge < -0.3 is 4.90 Å². The molecule has 0 amide bonds. The maximum absolute atomic E-state index is 13.1. The van der Waals surface area contributed by atoms with E-state index in [1.54, 1.807) is 23.9 Å². The maximum atomic E-state index is 13.1. The molecule has 1 nitrogen and oxygen atoms in total. The molecule has 0 aliphatic carbocycles. The Balaban J connectivity index is 2.37. The summed E-state index contributed by atoms with van der Waals surface area (Å²) in [5.41, 5.74) is 0.211. The minimum atomic E-state index is -4.34. The van der Waals surface area contributed by atoms with Crippen molar-refractivity contribution in [3.8, 4) is 0 Å². The number of rotatable bonds is 2. The van der Waals surface area contributed by atoms with Crippen LogP contribution in [0, 0.1) is 0 Å². The first kappa shape index (κ1) is 14.9. The monoisotopic (exact) mass is 309 g/mol. The Hall–Kier alpha value is -0.550. The number of nitrogens with zero attached hydrogens (tertiary/aromatic N) is 1. The highest BCUT2D eigenvalue weighted by molar-refractivity contribution is 7.99. The van der Waals surface area contributed by atoms with Crippen molar-refractivity contribution in [3.05, 3.63) is 29.3 Å². The van der Waals surface area contributed by atoms with Crippen molar-refractivity contribution < 1.29 is 13.2 Å². The molecule has 0 aromatic heterocycles. The molecule has 0 bridgehead atoms. The molecule has 1 heterocycles. The van der Waals surface area contributed by atoms with Gasteiger partial charge in [0.15, 0.2) is 0 Å². The number of thioether (sulfide) groups is 1. The standard InChI is InChI=1S/C13H15ClF3NS/c14-9-10-2-3-12(11(8-10)13(15,16)17)18-4-1-6-19-7-5-18/h2-3,8H,1,4-7,9H2. The number of hydrogen-bond donors (Lipinski definition) is 0. The van der Waals surface area contributed by atoms with Gasteiger partial charge in [-0.25, -0.2) is 0 Å². The van der Waals surface area contributed by atoms with Gasteiger partial charge in [0.2, 0.25) is 0 Å². The van der Waals surface area contributed by atoms with Crippen LogP contribution >= 0.6 is 23.4 Å². The molecule has 0 saturated carbocycles. The van der Waals surface area contributed by atoms with Gasteiger partial charge in [-0.2, -0.15) is 24.9 Å². The highest BCUT2D eigenvalue weighted by Crippen LogP contribution is 2.38. The number of halogens is 4. The third kappa shape index (κ3) is 3.72. The van der Waals surface area contributed by atoms with Crippen LogP contribution in [0.15, 0.2) is 18.2 Å². The van der Waals surface area contributed by atoms with Gasteiger partial charge in [-0.1, -0.05) is 6.07 Å². The zero-order chi connectivity index (χ0) is 13.9. The molecule has 0 atom stereocenters. The van der Waals surface area contributed by atoms with E-state index in [-0.39, 0.29) is 11.6 Å². The molecule has 0 radical (unpaired) electrons. The normalized spacial score (nSPS) is 17.4. The Morgan fingerprint density at radius 2 is 2.00 bits per heavy atom. The molecule has 6 heteroatoms. The second-order valence-electron chi connectivity index (χ2n) is 4.44.